The van der Waals surface area contributed by atoms with E-state index in [-0.39, 0.29) is 36.0 Å². The number of hydrogen-bond acceptors (Lipinski definition) is 4. The maximum Gasteiger partial charge on any atom is 0.274 e. The van der Waals surface area contributed by atoms with Crippen molar-refractivity contribution in [3.05, 3.63) is 33.9 Å². The fourth-order valence-corrected chi connectivity index (χ4v) is 2.29. The van der Waals surface area contributed by atoms with Gasteiger partial charge in [-0.3, -0.25) is 14.9 Å². The van der Waals surface area contributed by atoms with Crippen LogP contribution in [0.2, 0.25) is 0 Å². The molecular formula is C13H18ClN3O3. The number of nitro groups is 1. The maximum absolute atomic E-state index is 12.3. The highest BCUT2D eigenvalue weighted by atomic mass is 35.5. The molecule has 2 rings (SSSR count). The molecule has 2 unspecified atom stereocenters. The van der Waals surface area contributed by atoms with Crippen LogP contribution < -0.4 is 10.6 Å². The Balaban J connectivity index is 0.00000200. The molecule has 0 saturated carbocycles. The predicted molar refractivity (Wildman–Crippen MR) is 79.2 cm³/mol. The van der Waals surface area contributed by atoms with E-state index in [1.807, 2.05) is 0 Å². The van der Waals surface area contributed by atoms with E-state index in [2.05, 4.69) is 0 Å². The lowest BCUT2D eigenvalue weighted by atomic mass is 10.0. The monoisotopic (exact) mass is 299 g/mol. The molecule has 20 heavy (non-hydrogen) atoms. The van der Waals surface area contributed by atoms with Crippen molar-refractivity contribution >= 4 is 29.7 Å². The van der Waals surface area contributed by atoms with E-state index in [0.717, 1.165) is 0 Å². The van der Waals surface area contributed by atoms with Crippen molar-refractivity contribution in [1.29, 1.82) is 0 Å². The Morgan fingerprint density at radius 3 is 2.65 bits per heavy atom. The molecule has 0 spiro atoms. The van der Waals surface area contributed by atoms with Crippen molar-refractivity contribution in [2.24, 2.45) is 11.7 Å². The summed E-state index contributed by atoms with van der Waals surface area (Å²) in [5.74, 6) is -0.375. The van der Waals surface area contributed by atoms with Gasteiger partial charge in [-0.15, -0.1) is 12.4 Å². The molecule has 110 valence electrons. The number of nitrogens with two attached hydrogens (primary N) is 1. The van der Waals surface area contributed by atoms with Crippen LogP contribution in [0.5, 0.6) is 0 Å². The van der Waals surface area contributed by atoms with Gasteiger partial charge in [-0.2, -0.15) is 0 Å². The first-order valence-electron chi connectivity index (χ1n) is 6.26. The van der Waals surface area contributed by atoms with E-state index in [1.165, 1.54) is 6.07 Å². The van der Waals surface area contributed by atoms with Gasteiger partial charge in [0.1, 0.15) is 0 Å². The third-order valence-electron chi connectivity index (χ3n) is 3.64. The lowest BCUT2D eigenvalue weighted by Crippen LogP contribution is -2.41. The number of rotatable bonds is 3. The molecule has 1 aromatic carbocycles. The first kappa shape index (κ1) is 16.4. The highest BCUT2D eigenvalue weighted by Crippen LogP contribution is 2.35. The molecule has 0 bridgehead atoms. The average molecular weight is 300 g/mol. The molecule has 1 aliphatic heterocycles. The van der Waals surface area contributed by atoms with Gasteiger partial charge in [-0.05, 0) is 19.4 Å². The Bertz CT molecular complexity index is 534. The number of nitrogens with zero attached hydrogens (tertiary/aromatic N) is 2. The molecule has 1 heterocycles. The fraction of sp³-hybridized carbons (Fsp3) is 0.462. The molecule has 0 aliphatic carbocycles. The SMILES string of the molecule is CC(N)C(C)C(=O)N1CCc2c1cccc2[N+](=O)[O-].Cl. The minimum atomic E-state index is -0.401. The second-order valence-corrected chi connectivity index (χ2v) is 4.92. The number of carbonyl (C=O) groups is 1. The summed E-state index contributed by atoms with van der Waals surface area (Å²) in [5, 5.41) is 11.0. The molecule has 1 aromatic rings. The Hall–Kier alpha value is -1.66. The normalized spacial score (nSPS) is 16.1. The fourth-order valence-electron chi connectivity index (χ4n) is 2.29. The van der Waals surface area contributed by atoms with Crippen molar-refractivity contribution in [3.63, 3.8) is 0 Å². The van der Waals surface area contributed by atoms with Crippen molar-refractivity contribution in [2.75, 3.05) is 11.4 Å². The number of benzene rings is 1. The highest BCUT2D eigenvalue weighted by Gasteiger charge is 2.33. The lowest BCUT2D eigenvalue weighted by molar-refractivity contribution is -0.385. The number of halogens is 1. The van der Waals surface area contributed by atoms with E-state index in [4.69, 9.17) is 5.73 Å². The second-order valence-electron chi connectivity index (χ2n) is 4.92. The van der Waals surface area contributed by atoms with Crippen LogP contribution in [-0.2, 0) is 11.2 Å². The molecular weight excluding hydrogens is 282 g/mol. The molecule has 2 N–H and O–H groups in total. The zero-order valence-corrected chi connectivity index (χ0v) is 12.2. The van der Waals surface area contributed by atoms with Crippen molar-refractivity contribution in [2.45, 2.75) is 26.3 Å². The first-order valence-corrected chi connectivity index (χ1v) is 6.26. The zero-order valence-electron chi connectivity index (χ0n) is 11.4. The van der Waals surface area contributed by atoms with Crippen LogP contribution in [0.25, 0.3) is 0 Å². The number of hydrogen-bond donors (Lipinski definition) is 1. The Labute approximate surface area is 123 Å². The minimum absolute atomic E-state index is 0. The van der Waals surface area contributed by atoms with Crippen molar-refractivity contribution in [3.8, 4) is 0 Å². The lowest BCUT2D eigenvalue weighted by Gasteiger charge is -2.23. The Morgan fingerprint density at radius 2 is 2.10 bits per heavy atom. The quantitative estimate of drug-likeness (QED) is 0.681. The van der Waals surface area contributed by atoms with Gasteiger partial charge in [0.05, 0.1) is 22.1 Å². The van der Waals surface area contributed by atoms with Crippen molar-refractivity contribution in [1.82, 2.24) is 0 Å². The predicted octanol–water partition coefficient (Wildman–Crippen LogP) is 1.89. The summed E-state index contributed by atoms with van der Waals surface area (Å²) in [7, 11) is 0. The zero-order chi connectivity index (χ0) is 14.2. The van der Waals surface area contributed by atoms with Gasteiger partial charge >= 0.3 is 0 Å². The number of carbonyl (C=O) groups excluding carboxylic acids is 1. The molecule has 0 fully saturated rings. The molecule has 7 heteroatoms. The topological polar surface area (TPSA) is 89.5 Å². The molecule has 0 aromatic heterocycles. The van der Waals surface area contributed by atoms with Gasteiger partial charge in [0.2, 0.25) is 5.91 Å². The largest absolute Gasteiger partial charge is 0.327 e. The smallest absolute Gasteiger partial charge is 0.274 e. The van der Waals surface area contributed by atoms with E-state index in [1.54, 1.807) is 30.9 Å². The summed E-state index contributed by atoms with van der Waals surface area (Å²) in [4.78, 5) is 24.5. The van der Waals surface area contributed by atoms with Crippen LogP contribution in [0.15, 0.2) is 18.2 Å². The van der Waals surface area contributed by atoms with E-state index < -0.39 is 4.92 Å². The highest BCUT2D eigenvalue weighted by molar-refractivity contribution is 5.97. The van der Waals surface area contributed by atoms with Gasteiger partial charge < -0.3 is 10.6 Å². The van der Waals surface area contributed by atoms with Crippen LogP contribution in [0.4, 0.5) is 11.4 Å². The van der Waals surface area contributed by atoms with E-state index in [9.17, 15) is 14.9 Å². The molecule has 1 amide bonds. The number of nitro benzene ring substituents is 1. The van der Waals surface area contributed by atoms with Gasteiger partial charge in [0, 0.05) is 18.7 Å². The Kier molecular flexibility index (Phi) is 5.08. The Morgan fingerprint density at radius 1 is 1.45 bits per heavy atom. The summed E-state index contributed by atoms with van der Waals surface area (Å²) < 4.78 is 0. The van der Waals surface area contributed by atoms with Crippen LogP contribution in [0, 0.1) is 16.0 Å². The molecule has 1 aliphatic rings. The van der Waals surface area contributed by atoms with Crippen LogP contribution in [0.3, 0.4) is 0 Å². The molecule has 2 atom stereocenters. The summed E-state index contributed by atoms with van der Waals surface area (Å²) in [6.45, 7) is 4.05. The number of anilines is 1. The minimum Gasteiger partial charge on any atom is -0.327 e. The third-order valence-corrected chi connectivity index (χ3v) is 3.64. The molecule has 0 radical (unpaired) electrons. The van der Waals surface area contributed by atoms with Gasteiger partial charge in [0.15, 0.2) is 0 Å². The van der Waals surface area contributed by atoms with Gasteiger partial charge in [-0.25, -0.2) is 0 Å². The summed E-state index contributed by atoms with van der Waals surface area (Å²) in [6, 6.07) is 4.59. The summed E-state index contributed by atoms with van der Waals surface area (Å²) in [6.07, 6.45) is 0.518. The first-order chi connectivity index (χ1) is 8.93. The second kappa shape index (κ2) is 6.19. The van der Waals surface area contributed by atoms with E-state index >= 15 is 0 Å². The summed E-state index contributed by atoms with van der Waals surface area (Å²) >= 11 is 0. The third kappa shape index (κ3) is 2.76. The van der Waals surface area contributed by atoms with Gasteiger partial charge in [0.25, 0.3) is 5.69 Å². The van der Waals surface area contributed by atoms with Crippen LogP contribution >= 0.6 is 12.4 Å². The van der Waals surface area contributed by atoms with Crippen LogP contribution in [0.1, 0.15) is 19.4 Å². The number of amides is 1. The summed E-state index contributed by atoms with van der Waals surface area (Å²) in [5.41, 5.74) is 7.11. The average Bonchev–Trinajstić information content (AvgIpc) is 2.80. The van der Waals surface area contributed by atoms with Crippen molar-refractivity contribution < 1.29 is 9.72 Å². The van der Waals surface area contributed by atoms with Gasteiger partial charge in [-0.1, -0.05) is 13.0 Å². The van der Waals surface area contributed by atoms with Crippen LogP contribution in [-0.4, -0.2) is 23.4 Å². The maximum atomic E-state index is 12.3. The molecule has 6 nitrogen and oxygen atoms in total. The number of fused-ring (bicyclic) bond motifs is 1. The van der Waals surface area contributed by atoms with E-state index in [0.29, 0.717) is 24.2 Å². The molecule has 0 saturated heterocycles. The standard InChI is InChI=1S/C13H17N3O3.ClH/c1-8(9(2)14)13(17)15-7-6-10-11(15)4-3-5-12(10)16(18)19;/h3-5,8-9H,6-7,14H2,1-2H3;1H.